The van der Waals surface area contributed by atoms with Crippen LogP contribution in [0.5, 0.6) is 0 Å². The van der Waals surface area contributed by atoms with Crippen molar-refractivity contribution in [2.75, 3.05) is 7.11 Å². The first-order valence-corrected chi connectivity index (χ1v) is 9.50. The molecule has 0 aromatic heterocycles. The summed E-state index contributed by atoms with van der Waals surface area (Å²) in [7, 11) is 1.21. The summed E-state index contributed by atoms with van der Waals surface area (Å²) >= 11 is 9.25. The molecule has 0 radical (unpaired) electrons. The van der Waals surface area contributed by atoms with E-state index in [9.17, 15) is 23.1 Å². The van der Waals surface area contributed by atoms with Gasteiger partial charge < -0.3 is 9.84 Å². The van der Waals surface area contributed by atoms with Crippen molar-refractivity contribution in [1.29, 1.82) is 0 Å². The van der Waals surface area contributed by atoms with Gasteiger partial charge in [0.15, 0.2) is 17.5 Å². The predicted octanol–water partition coefficient (Wildman–Crippen LogP) is 5.89. The van der Waals surface area contributed by atoms with Crippen molar-refractivity contribution in [1.82, 2.24) is 0 Å². The van der Waals surface area contributed by atoms with Crippen LogP contribution in [-0.2, 0) is 28.0 Å². The van der Waals surface area contributed by atoms with Crippen LogP contribution in [0.25, 0.3) is 0 Å². The van der Waals surface area contributed by atoms with Gasteiger partial charge in [-0.25, -0.2) is 13.2 Å². The highest BCUT2D eigenvalue weighted by atomic mass is 79.9. The summed E-state index contributed by atoms with van der Waals surface area (Å²) in [6, 6.07) is 6.98. The van der Waals surface area contributed by atoms with Gasteiger partial charge in [0, 0.05) is 22.6 Å². The maximum absolute atomic E-state index is 14.6. The highest BCUT2D eigenvalue weighted by molar-refractivity contribution is 9.10. The minimum Gasteiger partial charge on any atom is -0.481 e. The minimum atomic E-state index is -1.43. The van der Waals surface area contributed by atoms with Gasteiger partial charge in [0.25, 0.3) is 0 Å². The van der Waals surface area contributed by atoms with E-state index in [1.165, 1.54) is 7.11 Å². The van der Waals surface area contributed by atoms with Crippen LogP contribution < -0.4 is 0 Å². The highest BCUT2D eigenvalue weighted by Crippen LogP contribution is 2.38. The van der Waals surface area contributed by atoms with Gasteiger partial charge in [0.05, 0.1) is 23.1 Å². The summed E-state index contributed by atoms with van der Waals surface area (Å²) in [4.78, 5) is 12.0. The van der Waals surface area contributed by atoms with E-state index in [0.717, 1.165) is 4.47 Å². The van der Waals surface area contributed by atoms with Gasteiger partial charge in [0.2, 0.25) is 0 Å². The summed E-state index contributed by atoms with van der Waals surface area (Å²) in [6.07, 6.45) is -0.482. The summed E-state index contributed by atoms with van der Waals surface area (Å²) in [5, 5.41) is 9.13. The summed E-state index contributed by atoms with van der Waals surface area (Å²) < 4.78 is 48.8. The molecule has 1 atom stereocenters. The number of ether oxygens (including phenoxy) is 1. The molecule has 3 nitrogen and oxygen atoms in total. The third-order valence-electron chi connectivity index (χ3n) is 4.90. The van der Waals surface area contributed by atoms with E-state index in [0.29, 0.717) is 5.56 Å². The second kappa shape index (κ2) is 8.84. The van der Waals surface area contributed by atoms with E-state index >= 15 is 0 Å². The Hall–Kier alpha value is -1.57. The zero-order valence-electron chi connectivity index (χ0n) is 15.5. The largest absolute Gasteiger partial charge is 0.481 e. The third-order valence-corrected chi connectivity index (χ3v) is 5.82. The molecule has 2 aromatic carbocycles. The van der Waals surface area contributed by atoms with Crippen molar-refractivity contribution in [2.24, 2.45) is 5.92 Å². The number of carboxylic acid groups (broad SMARTS) is 1. The Morgan fingerprint density at radius 3 is 2.18 bits per heavy atom. The zero-order valence-corrected chi connectivity index (χ0v) is 17.8. The molecule has 0 saturated heterocycles. The van der Waals surface area contributed by atoms with Gasteiger partial charge in [-0.2, -0.15) is 0 Å². The average Bonchev–Trinajstić information content (AvgIpc) is 2.63. The Bertz CT molecular complexity index is 856. The first kappa shape index (κ1) is 22.7. The quantitative estimate of drug-likeness (QED) is 0.504. The molecule has 0 aliphatic carbocycles. The van der Waals surface area contributed by atoms with Crippen LogP contribution in [0.4, 0.5) is 13.2 Å². The van der Waals surface area contributed by atoms with Gasteiger partial charge >= 0.3 is 5.97 Å². The van der Waals surface area contributed by atoms with E-state index in [4.69, 9.17) is 11.6 Å². The fraction of sp³-hybridized carbons (Fsp3) is 0.350. The van der Waals surface area contributed by atoms with Gasteiger partial charge in [-0.15, -0.1) is 0 Å². The number of hydrogen-bond donors (Lipinski definition) is 1. The van der Waals surface area contributed by atoms with Crippen molar-refractivity contribution in [3.05, 3.63) is 67.9 Å². The molecule has 0 fully saturated rings. The number of benzene rings is 2. The van der Waals surface area contributed by atoms with Crippen molar-refractivity contribution in [3.8, 4) is 0 Å². The molecule has 28 heavy (non-hydrogen) atoms. The Morgan fingerprint density at radius 1 is 1.14 bits per heavy atom. The Balaban J connectivity index is 2.53. The van der Waals surface area contributed by atoms with Crippen LogP contribution in [0.15, 0.2) is 28.7 Å². The molecular weight excluding hydrogens is 461 g/mol. The molecule has 152 valence electrons. The summed E-state index contributed by atoms with van der Waals surface area (Å²) in [5.74, 6) is -6.36. The number of carboxylic acids is 1. The average molecular weight is 480 g/mol. The highest BCUT2D eigenvalue weighted by Gasteiger charge is 2.39. The van der Waals surface area contributed by atoms with E-state index in [1.54, 1.807) is 38.1 Å². The first-order chi connectivity index (χ1) is 13.0. The third kappa shape index (κ3) is 4.36. The maximum atomic E-state index is 14.6. The number of hydrogen-bond acceptors (Lipinski definition) is 2. The Morgan fingerprint density at radius 2 is 1.68 bits per heavy atom. The van der Waals surface area contributed by atoms with E-state index in [2.05, 4.69) is 20.7 Å². The SMILES string of the molecule is COCc1c(F)c(F)c(CC(C(=O)O)C(C)(C)c2ccc(Br)cc2)c(Cl)c1F. The van der Waals surface area contributed by atoms with Crippen LogP contribution >= 0.6 is 27.5 Å². The lowest BCUT2D eigenvalue weighted by Crippen LogP contribution is -2.36. The predicted molar refractivity (Wildman–Crippen MR) is 104 cm³/mol. The van der Waals surface area contributed by atoms with E-state index in [1.807, 2.05) is 0 Å². The molecule has 2 aromatic rings. The molecule has 0 amide bonds. The molecule has 8 heteroatoms. The lowest BCUT2D eigenvalue weighted by Gasteiger charge is -2.32. The summed E-state index contributed by atoms with van der Waals surface area (Å²) in [6.45, 7) is 2.85. The number of carbonyl (C=O) groups is 1. The van der Waals surface area contributed by atoms with E-state index < -0.39 is 63.9 Å². The minimum absolute atomic E-state index is 0.482. The van der Waals surface area contributed by atoms with Crippen molar-refractivity contribution < 1.29 is 27.8 Å². The molecular formula is C20H19BrClF3O3. The fourth-order valence-corrected chi connectivity index (χ4v) is 3.65. The van der Waals surface area contributed by atoms with Crippen LogP contribution in [0.3, 0.4) is 0 Å². The Kier molecular flexibility index (Phi) is 7.17. The lowest BCUT2D eigenvalue weighted by molar-refractivity contribution is -0.144. The van der Waals surface area contributed by atoms with Gasteiger partial charge in [0.1, 0.15) is 0 Å². The number of aliphatic carboxylic acids is 1. The molecule has 1 unspecified atom stereocenters. The number of rotatable bonds is 7. The van der Waals surface area contributed by atoms with Crippen molar-refractivity contribution in [2.45, 2.75) is 32.3 Å². The molecule has 0 spiro atoms. The normalized spacial score (nSPS) is 12.9. The standard InChI is InChI=1S/C20H19BrClF3O3/c1-20(2,10-4-6-11(21)7-5-10)14(19(26)27)8-12-15(22)16(23)13(9-28-3)18(25)17(12)24/h4-7,14H,8-9H2,1-3H3,(H,26,27). The van der Waals surface area contributed by atoms with Gasteiger partial charge in [-0.3, -0.25) is 4.79 Å². The second-order valence-corrected chi connectivity index (χ2v) is 8.26. The van der Waals surface area contributed by atoms with Crippen LogP contribution in [-0.4, -0.2) is 18.2 Å². The van der Waals surface area contributed by atoms with Crippen molar-refractivity contribution in [3.63, 3.8) is 0 Å². The zero-order chi connectivity index (χ0) is 21.2. The Labute approximate surface area is 174 Å². The van der Waals surface area contributed by atoms with Crippen LogP contribution in [0, 0.1) is 23.4 Å². The molecule has 0 bridgehead atoms. The molecule has 0 heterocycles. The molecule has 2 rings (SSSR count). The van der Waals surface area contributed by atoms with Crippen LogP contribution in [0.2, 0.25) is 5.02 Å². The van der Waals surface area contributed by atoms with Gasteiger partial charge in [-0.05, 0) is 24.1 Å². The lowest BCUT2D eigenvalue weighted by atomic mass is 9.71. The van der Waals surface area contributed by atoms with E-state index in [-0.39, 0.29) is 0 Å². The monoisotopic (exact) mass is 478 g/mol. The van der Waals surface area contributed by atoms with Crippen molar-refractivity contribution >= 4 is 33.5 Å². The molecule has 0 saturated carbocycles. The maximum Gasteiger partial charge on any atom is 0.307 e. The number of methoxy groups -OCH3 is 1. The first-order valence-electron chi connectivity index (χ1n) is 8.33. The summed E-state index contributed by atoms with van der Waals surface area (Å²) in [5.41, 5.74) is -1.43. The molecule has 0 aliphatic rings. The molecule has 0 aliphatic heterocycles. The fourth-order valence-electron chi connectivity index (χ4n) is 3.11. The number of halogens is 5. The van der Waals surface area contributed by atoms with Gasteiger partial charge in [-0.1, -0.05) is 53.5 Å². The van der Waals surface area contributed by atoms with Crippen LogP contribution in [0.1, 0.15) is 30.5 Å². The topological polar surface area (TPSA) is 46.5 Å². The smallest absolute Gasteiger partial charge is 0.307 e. The molecule has 1 N–H and O–H groups in total. The second-order valence-electron chi connectivity index (χ2n) is 6.97.